The van der Waals surface area contributed by atoms with Crippen molar-refractivity contribution in [1.29, 1.82) is 0 Å². The molecule has 5 saturated carbocycles. The third kappa shape index (κ3) is 8.64. The summed E-state index contributed by atoms with van der Waals surface area (Å²) in [4.78, 5) is 14.3. The van der Waals surface area contributed by atoms with E-state index < -0.39 is 171 Å². The number of ether oxygens (including phenoxy) is 7. The van der Waals surface area contributed by atoms with Gasteiger partial charge in [0.2, 0.25) is 6.29 Å². The lowest BCUT2D eigenvalue weighted by atomic mass is 9.41. The van der Waals surface area contributed by atoms with Crippen molar-refractivity contribution < 1.29 is 109 Å². The van der Waals surface area contributed by atoms with Crippen molar-refractivity contribution in [1.82, 2.24) is 0 Å². The highest BCUT2D eigenvalue weighted by Crippen LogP contribution is 2.74. The van der Waals surface area contributed by atoms with E-state index in [2.05, 4.69) is 13.5 Å². The Morgan fingerprint density at radius 1 is 0.612 bits per heavy atom. The molecule has 0 radical (unpaired) electrons. The van der Waals surface area contributed by atoms with Crippen LogP contribution in [0.4, 0.5) is 0 Å². The smallest absolute Gasteiger partial charge is 0.314 e. The Balaban J connectivity index is 1.06. The van der Waals surface area contributed by atoms with E-state index in [1.807, 2.05) is 6.92 Å². The first-order valence-corrected chi connectivity index (χ1v) is 23.7. The Morgan fingerprint density at radius 2 is 1.12 bits per heavy atom. The molecule has 2 unspecified atom stereocenters. The van der Waals surface area contributed by atoms with E-state index in [1.165, 1.54) is 0 Å². The van der Waals surface area contributed by atoms with Crippen molar-refractivity contribution in [2.75, 3.05) is 26.4 Å². The first-order chi connectivity index (χ1) is 31.6. The van der Waals surface area contributed by atoms with Crippen molar-refractivity contribution in [2.24, 2.45) is 34.0 Å². The van der Waals surface area contributed by atoms with E-state index in [0.29, 0.717) is 51.4 Å². The van der Waals surface area contributed by atoms with Crippen LogP contribution in [0.3, 0.4) is 0 Å². The predicted molar refractivity (Wildman–Crippen MR) is 222 cm³/mol. The Kier molecular flexibility index (Phi) is 15.0. The summed E-state index contributed by atoms with van der Waals surface area (Å²) in [7, 11) is 0. The molecule has 0 aromatic carbocycles. The first kappa shape index (κ1) is 51.8. The molecule has 0 aromatic heterocycles. The quantitative estimate of drug-likeness (QED) is 0.0648. The number of fused-ring (bicyclic) bond motifs is 3. The highest BCUT2D eigenvalue weighted by Gasteiger charge is 2.69. The van der Waals surface area contributed by atoms with Crippen molar-refractivity contribution in [2.45, 2.75) is 200 Å². The van der Waals surface area contributed by atoms with Crippen LogP contribution in [-0.4, -0.2) is 226 Å². The minimum absolute atomic E-state index is 0.0611. The third-order valence-corrected chi connectivity index (χ3v) is 17.6. The maximum absolute atomic E-state index is 14.3. The number of esters is 1. The lowest BCUT2D eigenvalue weighted by Gasteiger charge is -2.64. The maximum atomic E-state index is 14.3. The highest BCUT2D eigenvalue weighted by atomic mass is 16.7. The molecule has 3 saturated heterocycles. The summed E-state index contributed by atoms with van der Waals surface area (Å²) in [5.74, 6) is -1.68. The molecule has 8 aliphatic rings. The molecule has 5 aliphatic carbocycles. The van der Waals surface area contributed by atoms with Gasteiger partial charge in [0.1, 0.15) is 85.5 Å². The van der Waals surface area contributed by atoms with Gasteiger partial charge < -0.3 is 105 Å². The standard InChI is InChI=1S/C45H72O22/c1-18-12-44-9-5-24-42(2,7-4-8-43(24,3)41(60)66-40-35(59)32(56)29(53)23(16-49)63-40)25(44)6-10-45(18,17-44)67-20-11-19(13-46)26(50)37(65-39-34(58)31(55)28(52)22(15-48)62-39)36(20)64-38-33(57)30(54)27(51)21(14-47)61-38/h19-40,46-59H,1,4-17H2,2-3H3/t19-,20-,21-,22-,23-,24+,25+,26-,27-,28-,29-,30+,31+,32+,33-,34-,35-,36+,37+,38?,39?,40+,42-,43-,44-,45+/m1/s1. The largest absolute Gasteiger partial charge is 0.432 e. The summed E-state index contributed by atoms with van der Waals surface area (Å²) in [5.41, 5.74) is -2.02. The SMILES string of the molecule is C=C1C[C@@]23CC[C@H]4[C@@](C)(CCC[C@@]4(C)C(=O)O[C@@H]4O[C@H](CO)[C@@H](O)[C@H](O)[C@H]4O)[C@@H]2CC[C@]1(O[C@@H]1C[C@H](CO)[C@@H](O)[C@H](OC2O[C@H](CO)[C@@H](O)[C@H](O)[C@H]2O)[C@H]1OC1O[C@H](CO)[C@@H](O)[C@H](O)[C@H]1O)C3. The molecule has 0 amide bonds. The Hall–Kier alpha value is -1.59. The molecule has 3 aliphatic heterocycles. The van der Waals surface area contributed by atoms with Gasteiger partial charge in [-0.2, -0.15) is 0 Å². The first-order valence-electron chi connectivity index (χ1n) is 23.7. The van der Waals surface area contributed by atoms with E-state index in [4.69, 9.17) is 33.2 Å². The van der Waals surface area contributed by atoms with Crippen LogP contribution in [0, 0.1) is 34.0 Å². The Bertz CT molecular complexity index is 1760. The van der Waals surface area contributed by atoms with E-state index in [-0.39, 0.29) is 23.7 Å². The van der Waals surface area contributed by atoms with Gasteiger partial charge in [-0.05, 0) is 93.0 Å². The molecule has 22 heteroatoms. The third-order valence-electron chi connectivity index (χ3n) is 17.6. The number of hydrogen-bond acceptors (Lipinski definition) is 22. The van der Waals surface area contributed by atoms with Crippen LogP contribution in [0.5, 0.6) is 0 Å². The molecule has 3 heterocycles. The maximum Gasteiger partial charge on any atom is 0.314 e. The van der Waals surface area contributed by atoms with Gasteiger partial charge >= 0.3 is 5.97 Å². The zero-order chi connectivity index (χ0) is 48.7. The number of carbonyl (C=O) groups is 1. The zero-order valence-corrected chi connectivity index (χ0v) is 37.8. The number of aliphatic hydroxyl groups excluding tert-OH is 14. The molecule has 26 atom stereocenters. The summed E-state index contributed by atoms with van der Waals surface area (Å²) in [6.45, 7) is 5.80. The molecular formula is C45H72O22. The molecule has 384 valence electrons. The van der Waals surface area contributed by atoms with Crippen molar-refractivity contribution in [3.05, 3.63) is 12.2 Å². The second-order valence-electron chi connectivity index (χ2n) is 21.3. The van der Waals surface area contributed by atoms with Gasteiger partial charge in [0, 0.05) is 12.5 Å². The van der Waals surface area contributed by atoms with E-state index in [9.17, 15) is 76.3 Å². The van der Waals surface area contributed by atoms with E-state index in [0.717, 1.165) is 12.0 Å². The second-order valence-corrected chi connectivity index (χ2v) is 21.3. The van der Waals surface area contributed by atoms with Crippen LogP contribution in [0.2, 0.25) is 0 Å². The van der Waals surface area contributed by atoms with Crippen LogP contribution < -0.4 is 0 Å². The molecule has 22 nitrogen and oxygen atoms in total. The fourth-order valence-corrected chi connectivity index (χ4v) is 14.0. The molecule has 8 rings (SSSR count). The van der Waals surface area contributed by atoms with E-state index >= 15 is 0 Å². The van der Waals surface area contributed by atoms with Gasteiger partial charge in [-0.3, -0.25) is 4.79 Å². The molecule has 0 aromatic rings. The predicted octanol–water partition coefficient (Wildman–Crippen LogP) is -4.45. The molecule has 1 spiro atoms. The Labute approximate surface area is 387 Å². The fraction of sp³-hybridized carbons (Fsp3) is 0.933. The average Bonchev–Trinajstić information content (AvgIpc) is 3.50. The normalized spacial score (nSPS) is 54.5. The fourth-order valence-electron chi connectivity index (χ4n) is 14.0. The number of aliphatic hydroxyl groups is 14. The lowest BCUT2D eigenvalue weighted by molar-refractivity contribution is -0.365. The van der Waals surface area contributed by atoms with Crippen LogP contribution in [0.25, 0.3) is 0 Å². The average molecular weight is 965 g/mol. The lowest BCUT2D eigenvalue weighted by Crippen LogP contribution is -2.66. The zero-order valence-electron chi connectivity index (χ0n) is 37.8. The molecular weight excluding hydrogens is 892 g/mol. The van der Waals surface area contributed by atoms with Crippen LogP contribution in [0.15, 0.2) is 12.2 Å². The van der Waals surface area contributed by atoms with Crippen molar-refractivity contribution >= 4 is 5.97 Å². The summed E-state index contributed by atoms with van der Waals surface area (Å²) in [6, 6.07) is 0. The topological polar surface area (TPSA) is 365 Å². The highest BCUT2D eigenvalue weighted by molar-refractivity contribution is 5.77. The molecule has 14 N–H and O–H groups in total. The van der Waals surface area contributed by atoms with E-state index in [1.54, 1.807) is 0 Å². The molecule has 67 heavy (non-hydrogen) atoms. The monoisotopic (exact) mass is 964 g/mol. The van der Waals surface area contributed by atoms with Gasteiger partial charge in [0.05, 0.1) is 43.0 Å². The summed E-state index contributed by atoms with van der Waals surface area (Å²) < 4.78 is 42.5. The van der Waals surface area contributed by atoms with Crippen LogP contribution in [0.1, 0.15) is 78.1 Å². The second kappa shape index (κ2) is 19.4. The Morgan fingerprint density at radius 3 is 1.66 bits per heavy atom. The summed E-state index contributed by atoms with van der Waals surface area (Å²) in [5, 5.41) is 148. The van der Waals surface area contributed by atoms with Crippen LogP contribution >= 0.6 is 0 Å². The summed E-state index contributed by atoms with van der Waals surface area (Å²) >= 11 is 0. The molecule has 8 fully saturated rings. The summed E-state index contributed by atoms with van der Waals surface area (Å²) in [6.07, 6.45) is -25.8. The van der Waals surface area contributed by atoms with Gasteiger partial charge in [-0.15, -0.1) is 0 Å². The van der Waals surface area contributed by atoms with Gasteiger partial charge in [-0.25, -0.2) is 0 Å². The van der Waals surface area contributed by atoms with Crippen LogP contribution in [-0.2, 0) is 38.0 Å². The minimum atomic E-state index is -1.91. The van der Waals surface area contributed by atoms with Gasteiger partial charge in [-0.1, -0.05) is 19.9 Å². The number of carbonyl (C=O) groups excluding carboxylic acids is 1. The number of hydrogen-bond donors (Lipinski definition) is 14. The van der Waals surface area contributed by atoms with Crippen molar-refractivity contribution in [3.63, 3.8) is 0 Å². The van der Waals surface area contributed by atoms with Gasteiger partial charge in [0.15, 0.2) is 12.6 Å². The van der Waals surface area contributed by atoms with Crippen molar-refractivity contribution in [3.8, 4) is 0 Å². The van der Waals surface area contributed by atoms with Gasteiger partial charge in [0.25, 0.3) is 0 Å². The number of rotatable bonds is 12. The molecule has 2 bridgehead atoms. The minimum Gasteiger partial charge on any atom is -0.432 e.